The highest BCUT2D eigenvalue weighted by molar-refractivity contribution is 7.89. The number of Topliss-reactive ketones (excluding diaryl/α,β-unsaturated/α-hetero) is 1. The minimum atomic E-state index is -3.75. The molecule has 25 heavy (non-hydrogen) atoms. The summed E-state index contributed by atoms with van der Waals surface area (Å²) in [6.07, 6.45) is 0. The fraction of sp³-hybridized carbons (Fsp3) is 0.316. The molecule has 5 nitrogen and oxygen atoms in total. The van der Waals surface area contributed by atoms with Crippen LogP contribution in [0.1, 0.15) is 36.7 Å². The zero-order valence-corrected chi connectivity index (χ0v) is 15.7. The van der Waals surface area contributed by atoms with Crippen molar-refractivity contribution in [2.24, 2.45) is 0 Å². The van der Waals surface area contributed by atoms with Crippen LogP contribution >= 0.6 is 0 Å². The average molecular weight is 361 g/mol. The highest BCUT2D eigenvalue weighted by atomic mass is 32.2. The van der Waals surface area contributed by atoms with Gasteiger partial charge in [-0.25, -0.2) is 13.1 Å². The summed E-state index contributed by atoms with van der Waals surface area (Å²) in [7, 11) is -2.24. The summed E-state index contributed by atoms with van der Waals surface area (Å²) in [4.78, 5) is 12.3. The lowest BCUT2D eigenvalue weighted by molar-refractivity contribution is 0.0997. The van der Waals surface area contributed by atoms with Gasteiger partial charge in [-0.1, -0.05) is 45.0 Å². The minimum Gasteiger partial charge on any atom is -0.497 e. The zero-order chi connectivity index (χ0) is 18.7. The predicted molar refractivity (Wildman–Crippen MR) is 97.7 cm³/mol. The smallest absolute Gasteiger partial charge is 0.240 e. The van der Waals surface area contributed by atoms with E-state index < -0.39 is 10.0 Å². The Bertz CT molecular complexity index is 832. The van der Waals surface area contributed by atoms with Crippen molar-refractivity contribution in [1.29, 1.82) is 0 Å². The van der Waals surface area contributed by atoms with Crippen molar-refractivity contribution in [1.82, 2.24) is 4.72 Å². The lowest BCUT2D eigenvalue weighted by atomic mass is 9.86. The molecule has 0 unspecified atom stereocenters. The van der Waals surface area contributed by atoms with Crippen LogP contribution in [-0.4, -0.2) is 27.9 Å². The molecule has 2 rings (SSSR count). The van der Waals surface area contributed by atoms with Crippen LogP contribution < -0.4 is 9.46 Å². The number of methoxy groups -OCH3 is 1. The maximum absolute atomic E-state index is 12.2. The number of hydrogen-bond acceptors (Lipinski definition) is 4. The molecule has 0 aliphatic rings. The van der Waals surface area contributed by atoms with Gasteiger partial charge in [0.2, 0.25) is 10.0 Å². The number of nitrogens with one attached hydrogen (secondary N) is 1. The van der Waals surface area contributed by atoms with Gasteiger partial charge in [0.05, 0.1) is 18.6 Å². The summed E-state index contributed by atoms with van der Waals surface area (Å²) in [5.74, 6) is 0.284. The van der Waals surface area contributed by atoms with E-state index >= 15 is 0 Å². The molecule has 0 spiro atoms. The highest BCUT2D eigenvalue weighted by Crippen LogP contribution is 2.22. The first-order valence-electron chi connectivity index (χ1n) is 7.91. The van der Waals surface area contributed by atoms with Gasteiger partial charge in [-0.2, -0.15) is 0 Å². The lowest BCUT2D eigenvalue weighted by Gasteiger charge is -2.19. The van der Waals surface area contributed by atoms with Crippen LogP contribution in [0, 0.1) is 0 Å². The van der Waals surface area contributed by atoms with E-state index in [1.54, 1.807) is 24.3 Å². The van der Waals surface area contributed by atoms with Crippen LogP contribution in [0.5, 0.6) is 5.75 Å². The van der Waals surface area contributed by atoms with Gasteiger partial charge in [0.25, 0.3) is 0 Å². The Hall–Kier alpha value is -2.18. The van der Waals surface area contributed by atoms with Crippen LogP contribution in [0.25, 0.3) is 0 Å². The van der Waals surface area contributed by atoms with Gasteiger partial charge in [-0.15, -0.1) is 0 Å². The van der Waals surface area contributed by atoms with Crippen molar-refractivity contribution in [3.63, 3.8) is 0 Å². The Balaban J connectivity index is 2.05. The molecule has 2 aromatic rings. The van der Waals surface area contributed by atoms with Crippen molar-refractivity contribution >= 4 is 15.8 Å². The van der Waals surface area contributed by atoms with E-state index in [0.717, 1.165) is 5.56 Å². The normalized spacial score (nSPS) is 12.0. The summed E-state index contributed by atoms with van der Waals surface area (Å²) in [5.41, 5.74) is 1.59. The summed E-state index contributed by atoms with van der Waals surface area (Å²) in [6, 6.07) is 13.2. The van der Waals surface area contributed by atoms with Gasteiger partial charge in [0, 0.05) is 5.56 Å². The number of ketones is 1. The molecule has 1 N–H and O–H groups in total. The predicted octanol–water partition coefficient (Wildman–Crippen LogP) is 3.15. The van der Waals surface area contributed by atoms with Crippen molar-refractivity contribution in [2.75, 3.05) is 13.7 Å². The van der Waals surface area contributed by atoms with Gasteiger partial charge >= 0.3 is 0 Å². The number of rotatable bonds is 6. The average Bonchev–Trinajstić information content (AvgIpc) is 2.59. The van der Waals surface area contributed by atoms with Crippen molar-refractivity contribution in [3.8, 4) is 5.75 Å². The third kappa shape index (κ3) is 4.90. The molecule has 0 saturated carbocycles. The van der Waals surface area contributed by atoms with Gasteiger partial charge < -0.3 is 4.74 Å². The van der Waals surface area contributed by atoms with E-state index in [2.05, 4.69) is 25.5 Å². The van der Waals surface area contributed by atoms with Gasteiger partial charge in [-0.05, 0) is 35.2 Å². The second-order valence-corrected chi connectivity index (χ2v) is 8.52. The van der Waals surface area contributed by atoms with Gasteiger partial charge in [-0.3, -0.25) is 4.79 Å². The molecule has 0 heterocycles. The number of benzene rings is 2. The van der Waals surface area contributed by atoms with Crippen LogP contribution in [0.4, 0.5) is 0 Å². The molecule has 0 fully saturated rings. The van der Waals surface area contributed by atoms with E-state index in [1.165, 1.54) is 19.2 Å². The van der Waals surface area contributed by atoms with E-state index in [-0.39, 0.29) is 22.6 Å². The summed E-state index contributed by atoms with van der Waals surface area (Å²) < 4.78 is 31.8. The van der Waals surface area contributed by atoms with Gasteiger partial charge in [0.15, 0.2) is 5.78 Å². The van der Waals surface area contributed by atoms with E-state index in [9.17, 15) is 13.2 Å². The topological polar surface area (TPSA) is 72.5 Å². The minimum absolute atomic E-state index is 0.00245. The van der Waals surface area contributed by atoms with Crippen molar-refractivity contribution < 1.29 is 17.9 Å². The van der Waals surface area contributed by atoms with Crippen LogP contribution in [0.2, 0.25) is 0 Å². The molecular formula is C19H23NO4S. The number of ether oxygens (including phenoxy) is 1. The Morgan fingerprint density at radius 3 is 2.04 bits per heavy atom. The molecular weight excluding hydrogens is 338 g/mol. The second-order valence-electron chi connectivity index (χ2n) is 6.75. The standard InChI is InChI=1S/C19H23NO4S/c1-19(2,3)15-7-5-14(6-8-15)18(21)13-20-25(22,23)17-11-9-16(24-4)10-12-17/h5-12,20H,13H2,1-4H3. The molecule has 0 bridgehead atoms. The van der Waals surface area contributed by atoms with E-state index in [4.69, 9.17) is 4.74 Å². The molecule has 0 aliphatic carbocycles. The van der Waals surface area contributed by atoms with Crippen molar-refractivity contribution in [3.05, 3.63) is 59.7 Å². The quantitative estimate of drug-likeness (QED) is 0.802. The molecule has 0 aromatic heterocycles. The van der Waals surface area contributed by atoms with Crippen LogP contribution in [-0.2, 0) is 15.4 Å². The number of hydrogen-bond donors (Lipinski definition) is 1. The third-order valence-electron chi connectivity index (χ3n) is 3.87. The first-order chi connectivity index (χ1) is 11.6. The fourth-order valence-corrected chi connectivity index (χ4v) is 3.24. The van der Waals surface area contributed by atoms with Crippen LogP contribution in [0.15, 0.2) is 53.4 Å². The Kier molecular flexibility index (Phi) is 5.65. The van der Waals surface area contributed by atoms with E-state index in [0.29, 0.717) is 11.3 Å². The summed E-state index contributed by atoms with van der Waals surface area (Å²) in [6.45, 7) is 5.98. The third-order valence-corrected chi connectivity index (χ3v) is 5.28. The summed E-state index contributed by atoms with van der Waals surface area (Å²) in [5, 5.41) is 0. The second kappa shape index (κ2) is 7.37. The Labute approximate surface area is 149 Å². The molecule has 0 atom stereocenters. The maximum Gasteiger partial charge on any atom is 0.240 e. The molecule has 0 aliphatic heterocycles. The molecule has 0 saturated heterocycles. The molecule has 2 aromatic carbocycles. The number of carbonyl (C=O) groups is 1. The first-order valence-corrected chi connectivity index (χ1v) is 9.39. The van der Waals surface area contributed by atoms with E-state index in [1.807, 2.05) is 12.1 Å². The molecule has 134 valence electrons. The Morgan fingerprint density at radius 1 is 1.00 bits per heavy atom. The lowest BCUT2D eigenvalue weighted by Crippen LogP contribution is -2.29. The SMILES string of the molecule is COc1ccc(S(=O)(=O)NCC(=O)c2ccc(C(C)(C)C)cc2)cc1. The highest BCUT2D eigenvalue weighted by Gasteiger charge is 2.17. The maximum atomic E-state index is 12.2. The Morgan fingerprint density at radius 2 is 1.56 bits per heavy atom. The van der Waals surface area contributed by atoms with Crippen molar-refractivity contribution in [2.45, 2.75) is 31.1 Å². The van der Waals surface area contributed by atoms with Crippen LogP contribution in [0.3, 0.4) is 0 Å². The monoisotopic (exact) mass is 361 g/mol. The molecule has 0 amide bonds. The number of carbonyl (C=O) groups excluding carboxylic acids is 1. The molecule has 6 heteroatoms. The fourth-order valence-electron chi connectivity index (χ4n) is 2.26. The molecule has 0 radical (unpaired) electrons. The zero-order valence-electron chi connectivity index (χ0n) is 14.9. The van der Waals surface area contributed by atoms with Gasteiger partial charge in [0.1, 0.15) is 5.75 Å². The summed E-state index contributed by atoms with van der Waals surface area (Å²) >= 11 is 0. The largest absolute Gasteiger partial charge is 0.497 e. The first kappa shape index (κ1) is 19.1. The number of sulfonamides is 1.